The number of hydrogen-bond acceptors (Lipinski definition) is 5. The third-order valence-electron chi connectivity index (χ3n) is 3.04. The van der Waals surface area contributed by atoms with Crippen molar-refractivity contribution in [3.8, 4) is 23.8 Å². The fraction of sp³-hybridized carbons (Fsp3) is 0.250. The number of ether oxygens (including phenoxy) is 2. The summed E-state index contributed by atoms with van der Waals surface area (Å²) in [5, 5.41) is 0. The predicted molar refractivity (Wildman–Crippen MR) is 106 cm³/mol. The smallest absolute Gasteiger partial charge is 0.266 e. The van der Waals surface area contributed by atoms with Gasteiger partial charge in [-0.3, -0.25) is 9.69 Å². The highest BCUT2D eigenvalue weighted by atomic mass is 127. The van der Waals surface area contributed by atoms with Crippen molar-refractivity contribution >= 4 is 62.9 Å². The van der Waals surface area contributed by atoms with E-state index in [1.165, 1.54) is 11.8 Å². The Morgan fingerprint density at radius 2 is 2.26 bits per heavy atom. The molecular weight excluding hydrogens is 445 g/mol. The number of hydrogen-bond donors (Lipinski definition) is 0. The minimum atomic E-state index is -0.0656. The highest BCUT2D eigenvalue weighted by molar-refractivity contribution is 14.1. The second-order valence-electron chi connectivity index (χ2n) is 4.45. The van der Waals surface area contributed by atoms with Crippen LogP contribution in [-0.4, -0.2) is 35.4 Å². The van der Waals surface area contributed by atoms with E-state index in [0.717, 1.165) is 9.13 Å². The van der Waals surface area contributed by atoms with Gasteiger partial charge in [0, 0.05) is 6.54 Å². The summed E-state index contributed by atoms with van der Waals surface area (Å²) < 4.78 is 12.3. The van der Waals surface area contributed by atoms with Gasteiger partial charge in [0.15, 0.2) is 11.5 Å². The fourth-order valence-electron chi connectivity index (χ4n) is 2.00. The Labute approximate surface area is 158 Å². The molecular formula is C16H14INO3S2. The minimum absolute atomic E-state index is 0.0656. The lowest BCUT2D eigenvalue weighted by Gasteiger charge is -2.12. The van der Waals surface area contributed by atoms with Crippen LogP contribution in [0, 0.1) is 15.9 Å². The van der Waals surface area contributed by atoms with E-state index in [2.05, 4.69) is 28.5 Å². The van der Waals surface area contributed by atoms with E-state index in [0.29, 0.717) is 27.3 Å². The molecule has 7 heteroatoms. The summed E-state index contributed by atoms with van der Waals surface area (Å²) in [6, 6.07) is 3.72. The van der Waals surface area contributed by atoms with Crippen molar-refractivity contribution in [1.82, 2.24) is 4.90 Å². The van der Waals surface area contributed by atoms with Gasteiger partial charge in [-0.2, -0.15) is 0 Å². The van der Waals surface area contributed by atoms with Gasteiger partial charge in [0.1, 0.15) is 10.9 Å². The van der Waals surface area contributed by atoms with Crippen molar-refractivity contribution < 1.29 is 14.3 Å². The molecule has 1 aromatic rings. The van der Waals surface area contributed by atoms with E-state index >= 15 is 0 Å². The van der Waals surface area contributed by atoms with E-state index in [1.807, 2.05) is 25.1 Å². The van der Waals surface area contributed by atoms with E-state index in [9.17, 15) is 4.79 Å². The number of terminal acetylenes is 1. The van der Waals surface area contributed by atoms with Crippen LogP contribution >= 0.6 is 46.6 Å². The van der Waals surface area contributed by atoms with Crippen molar-refractivity contribution in [2.45, 2.75) is 6.92 Å². The molecule has 0 saturated carbocycles. The number of thioether (sulfide) groups is 1. The molecule has 1 fully saturated rings. The maximum atomic E-state index is 12.3. The zero-order valence-electron chi connectivity index (χ0n) is 12.6. The van der Waals surface area contributed by atoms with Crippen LogP contribution in [0.3, 0.4) is 0 Å². The van der Waals surface area contributed by atoms with Crippen molar-refractivity contribution in [3.05, 3.63) is 26.2 Å². The Morgan fingerprint density at radius 1 is 1.52 bits per heavy atom. The van der Waals surface area contributed by atoms with Gasteiger partial charge < -0.3 is 9.47 Å². The number of rotatable bonds is 5. The number of nitrogens with zero attached hydrogens (tertiary/aromatic N) is 1. The number of halogens is 1. The molecule has 0 bridgehead atoms. The van der Waals surface area contributed by atoms with Crippen LogP contribution in [0.25, 0.3) is 6.08 Å². The molecule has 0 radical (unpaired) electrons. The molecule has 120 valence electrons. The predicted octanol–water partition coefficient (Wildman–Crippen LogP) is 3.53. The molecule has 0 N–H and O–H groups in total. The monoisotopic (exact) mass is 459 g/mol. The SMILES string of the molecule is C#CCOc1c(I)cc(/C=C2\SC(=S)N(CC)C2=O)cc1OC. The minimum Gasteiger partial charge on any atom is -0.493 e. The highest BCUT2D eigenvalue weighted by Crippen LogP contribution is 2.37. The standard InChI is InChI=1S/C16H14INO3S2/c1-4-6-21-14-11(17)7-10(8-12(14)20-3)9-13-15(19)18(5-2)16(22)23-13/h1,7-9H,5-6H2,2-3H3/b13-9-. The van der Waals surface area contributed by atoms with Gasteiger partial charge in [-0.25, -0.2) is 0 Å². The molecule has 23 heavy (non-hydrogen) atoms. The zero-order chi connectivity index (χ0) is 17.0. The van der Waals surface area contributed by atoms with Crippen molar-refractivity contribution in [2.75, 3.05) is 20.3 Å². The lowest BCUT2D eigenvalue weighted by atomic mass is 10.2. The zero-order valence-corrected chi connectivity index (χ0v) is 16.4. The van der Waals surface area contributed by atoms with E-state index in [4.69, 9.17) is 28.1 Å². The third kappa shape index (κ3) is 4.00. The number of amides is 1. The lowest BCUT2D eigenvalue weighted by Crippen LogP contribution is -2.27. The Hall–Kier alpha value is -1.24. The maximum absolute atomic E-state index is 12.3. The van der Waals surface area contributed by atoms with Crippen LogP contribution in [0.2, 0.25) is 0 Å². The van der Waals surface area contributed by atoms with Gasteiger partial charge >= 0.3 is 0 Å². The van der Waals surface area contributed by atoms with Crippen LogP contribution in [0.4, 0.5) is 0 Å². The molecule has 0 spiro atoms. The summed E-state index contributed by atoms with van der Waals surface area (Å²) in [6.07, 6.45) is 7.04. The first-order valence-corrected chi connectivity index (χ1v) is 9.01. The number of likely N-dealkylation sites (N-methyl/N-ethyl adjacent to an activating group) is 1. The summed E-state index contributed by atoms with van der Waals surface area (Å²) in [6.45, 7) is 2.64. The van der Waals surface area contributed by atoms with E-state index < -0.39 is 0 Å². The normalized spacial score (nSPS) is 15.9. The first kappa shape index (κ1) is 18.1. The number of benzene rings is 1. The Bertz CT molecular complexity index is 725. The molecule has 1 aromatic carbocycles. The topological polar surface area (TPSA) is 38.8 Å². The van der Waals surface area contributed by atoms with E-state index in [1.54, 1.807) is 12.0 Å². The molecule has 1 aliphatic heterocycles. The van der Waals surface area contributed by atoms with Crippen molar-refractivity contribution in [3.63, 3.8) is 0 Å². The van der Waals surface area contributed by atoms with Crippen LogP contribution < -0.4 is 9.47 Å². The van der Waals surface area contributed by atoms with Gasteiger partial charge in [-0.05, 0) is 53.3 Å². The Balaban J connectivity index is 2.37. The average Bonchev–Trinajstić information content (AvgIpc) is 2.79. The number of methoxy groups -OCH3 is 1. The molecule has 0 aliphatic carbocycles. The molecule has 1 aliphatic rings. The van der Waals surface area contributed by atoms with Crippen molar-refractivity contribution in [2.24, 2.45) is 0 Å². The van der Waals surface area contributed by atoms with Gasteiger partial charge in [-0.15, -0.1) is 6.42 Å². The maximum Gasteiger partial charge on any atom is 0.266 e. The summed E-state index contributed by atoms with van der Waals surface area (Å²) in [4.78, 5) is 14.5. The second kappa shape index (κ2) is 8.04. The summed E-state index contributed by atoms with van der Waals surface area (Å²) in [5.74, 6) is 3.54. The third-order valence-corrected chi connectivity index (χ3v) is 5.22. The number of thiocarbonyl (C=S) groups is 1. The Kier molecular flexibility index (Phi) is 6.33. The summed E-state index contributed by atoms with van der Waals surface area (Å²) in [7, 11) is 1.56. The van der Waals surface area contributed by atoms with Crippen LogP contribution in [0.15, 0.2) is 17.0 Å². The van der Waals surface area contributed by atoms with Crippen LogP contribution in [-0.2, 0) is 4.79 Å². The summed E-state index contributed by atoms with van der Waals surface area (Å²) >= 11 is 8.67. The lowest BCUT2D eigenvalue weighted by molar-refractivity contribution is -0.121. The molecule has 2 rings (SSSR count). The van der Waals surface area contributed by atoms with Gasteiger partial charge in [0.2, 0.25) is 0 Å². The number of carbonyl (C=O) groups excluding carboxylic acids is 1. The molecule has 0 unspecified atom stereocenters. The van der Waals surface area contributed by atoms with Crippen molar-refractivity contribution in [1.29, 1.82) is 0 Å². The molecule has 1 saturated heterocycles. The quantitative estimate of drug-likeness (QED) is 0.292. The average molecular weight is 459 g/mol. The summed E-state index contributed by atoms with van der Waals surface area (Å²) in [5.41, 5.74) is 0.843. The largest absolute Gasteiger partial charge is 0.493 e. The molecule has 4 nitrogen and oxygen atoms in total. The van der Waals surface area contributed by atoms with E-state index in [-0.39, 0.29) is 12.5 Å². The Morgan fingerprint density at radius 3 is 2.83 bits per heavy atom. The molecule has 0 atom stereocenters. The second-order valence-corrected chi connectivity index (χ2v) is 7.29. The molecule has 1 amide bonds. The fourth-order valence-corrected chi connectivity index (χ4v) is 4.17. The first-order chi connectivity index (χ1) is 11.0. The number of carbonyl (C=O) groups is 1. The highest BCUT2D eigenvalue weighted by Gasteiger charge is 2.30. The van der Waals surface area contributed by atoms with Gasteiger partial charge in [-0.1, -0.05) is 29.9 Å². The van der Waals surface area contributed by atoms with Crippen LogP contribution in [0.5, 0.6) is 11.5 Å². The molecule has 1 heterocycles. The molecule has 0 aromatic heterocycles. The van der Waals surface area contributed by atoms with Gasteiger partial charge in [0.05, 0.1) is 15.6 Å². The van der Waals surface area contributed by atoms with Crippen LogP contribution in [0.1, 0.15) is 12.5 Å². The first-order valence-electron chi connectivity index (χ1n) is 6.71. The van der Waals surface area contributed by atoms with Gasteiger partial charge in [0.25, 0.3) is 5.91 Å².